The fourth-order valence-corrected chi connectivity index (χ4v) is 2.08. The second kappa shape index (κ2) is 6.90. The molecule has 1 aromatic rings. The van der Waals surface area contributed by atoms with Crippen molar-refractivity contribution in [1.29, 1.82) is 0 Å². The molecule has 0 saturated heterocycles. The van der Waals surface area contributed by atoms with Gasteiger partial charge in [-0.15, -0.1) is 0 Å². The van der Waals surface area contributed by atoms with Crippen molar-refractivity contribution in [2.24, 2.45) is 5.92 Å². The lowest BCUT2D eigenvalue weighted by Crippen LogP contribution is -2.15. The van der Waals surface area contributed by atoms with E-state index in [0.29, 0.717) is 36.7 Å². The monoisotopic (exact) mass is 270 g/mol. The van der Waals surface area contributed by atoms with Gasteiger partial charge in [0.25, 0.3) is 0 Å². The minimum Gasteiger partial charge on any atom is -0.478 e. The molecule has 4 nitrogen and oxygen atoms in total. The van der Waals surface area contributed by atoms with Crippen molar-refractivity contribution in [1.82, 2.24) is 9.97 Å². The van der Waals surface area contributed by atoms with Crippen LogP contribution in [-0.4, -0.2) is 23.2 Å². The summed E-state index contributed by atoms with van der Waals surface area (Å²) in [5.41, 5.74) is 0. The Bertz CT molecular complexity index is 383. The van der Waals surface area contributed by atoms with E-state index in [4.69, 9.17) is 21.1 Å². The highest BCUT2D eigenvalue weighted by Crippen LogP contribution is 2.29. The summed E-state index contributed by atoms with van der Waals surface area (Å²) >= 11 is 5.92. The molecule has 0 N–H and O–H groups in total. The zero-order chi connectivity index (χ0) is 12.8. The minimum absolute atomic E-state index is 0.371. The quantitative estimate of drug-likeness (QED) is 0.714. The predicted octanol–water partition coefficient (Wildman–Crippen LogP) is 3.24. The van der Waals surface area contributed by atoms with Gasteiger partial charge in [-0.2, -0.15) is 4.98 Å². The van der Waals surface area contributed by atoms with Gasteiger partial charge in [0.1, 0.15) is 11.8 Å². The predicted molar refractivity (Wildman–Crippen MR) is 69.8 cm³/mol. The van der Waals surface area contributed by atoms with E-state index < -0.39 is 0 Å². The molecule has 0 amide bonds. The topological polar surface area (TPSA) is 44.2 Å². The summed E-state index contributed by atoms with van der Waals surface area (Å²) < 4.78 is 10.9. The highest BCUT2D eigenvalue weighted by atomic mass is 35.5. The summed E-state index contributed by atoms with van der Waals surface area (Å²) in [6, 6.07) is 1.65. The molecule has 100 valence electrons. The largest absolute Gasteiger partial charge is 0.478 e. The number of hydrogen-bond donors (Lipinski definition) is 0. The first-order chi connectivity index (χ1) is 8.78. The van der Waals surface area contributed by atoms with Crippen molar-refractivity contribution >= 4 is 11.6 Å². The van der Waals surface area contributed by atoms with Crippen LogP contribution in [0.15, 0.2) is 6.07 Å². The van der Waals surface area contributed by atoms with E-state index >= 15 is 0 Å². The summed E-state index contributed by atoms with van der Waals surface area (Å²) in [7, 11) is 0. The summed E-state index contributed by atoms with van der Waals surface area (Å²) in [6.45, 7) is 3.64. The number of halogens is 1. The molecule has 1 aliphatic rings. The lowest BCUT2D eigenvalue weighted by atomic mass is 9.83. The van der Waals surface area contributed by atoms with Crippen LogP contribution in [0.4, 0.5) is 0 Å². The van der Waals surface area contributed by atoms with Gasteiger partial charge >= 0.3 is 0 Å². The van der Waals surface area contributed by atoms with E-state index in [2.05, 4.69) is 9.97 Å². The maximum Gasteiger partial charge on any atom is 0.218 e. The van der Waals surface area contributed by atoms with E-state index in [1.54, 1.807) is 6.07 Å². The number of rotatable bonds is 7. The molecule has 0 spiro atoms. The Morgan fingerprint density at radius 3 is 2.89 bits per heavy atom. The van der Waals surface area contributed by atoms with Crippen LogP contribution in [0.2, 0.25) is 5.15 Å². The lowest BCUT2D eigenvalue weighted by Gasteiger charge is -2.24. The van der Waals surface area contributed by atoms with Crippen LogP contribution in [0.1, 0.15) is 38.4 Å². The normalized spacial score (nSPS) is 15.4. The smallest absolute Gasteiger partial charge is 0.218 e. The fraction of sp³-hybridized carbons (Fsp3) is 0.692. The standard InChI is InChI=1S/C13H19ClN2O2/c1-2-17-9-12-15-11(14)8-13(16-12)18-7-6-10-4-3-5-10/h8,10H,2-7,9H2,1H3. The number of aromatic nitrogens is 2. The molecule has 1 fully saturated rings. The Balaban J connectivity index is 1.83. The van der Waals surface area contributed by atoms with Crippen LogP contribution in [-0.2, 0) is 11.3 Å². The van der Waals surface area contributed by atoms with E-state index in [9.17, 15) is 0 Å². The summed E-state index contributed by atoms with van der Waals surface area (Å²) in [4.78, 5) is 8.36. The molecule has 0 aliphatic heterocycles. The van der Waals surface area contributed by atoms with Gasteiger partial charge in [0.2, 0.25) is 5.88 Å². The third-order valence-electron chi connectivity index (χ3n) is 3.15. The molecular weight excluding hydrogens is 252 g/mol. The third kappa shape index (κ3) is 4.10. The van der Waals surface area contributed by atoms with Crippen LogP contribution in [0.3, 0.4) is 0 Å². The van der Waals surface area contributed by atoms with Gasteiger partial charge in [-0.25, -0.2) is 4.98 Å². The highest BCUT2D eigenvalue weighted by molar-refractivity contribution is 6.29. The average molecular weight is 271 g/mol. The van der Waals surface area contributed by atoms with Gasteiger partial charge in [0.15, 0.2) is 5.82 Å². The van der Waals surface area contributed by atoms with Gasteiger partial charge in [-0.3, -0.25) is 0 Å². The van der Waals surface area contributed by atoms with Crippen LogP contribution < -0.4 is 4.74 Å². The average Bonchev–Trinajstić information content (AvgIpc) is 2.29. The number of ether oxygens (including phenoxy) is 2. The summed E-state index contributed by atoms with van der Waals surface area (Å²) in [5.74, 6) is 1.96. The van der Waals surface area contributed by atoms with Gasteiger partial charge in [-0.1, -0.05) is 30.9 Å². The molecule has 0 atom stereocenters. The van der Waals surface area contributed by atoms with Gasteiger partial charge < -0.3 is 9.47 Å². The van der Waals surface area contributed by atoms with Crippen molar-refractivity contribution < 1.29 is 9.47 Å². The molecule has 18 heavy (non-hydrogen) atoms. The number of nitrogens with zero attached hydrogens (tertiary/aromatic N) is 2. The fourth-order valence-electron chi connectivity index (χ4n) is 1.89. The van der Waals surface area contributed by atoms with Crippen LogP contribution in [0.5, 0.6) is 5.88 Å². The Hall–Kier alpha value is -0.870. The highest BCUT2D eigenvalue weighted by Gasteiger charge is 2.17. The first-order valence-electron chi connectivity index (χ1n) is 6.52. The molecule has 1 aliphatic carbocycles. The van der Waals surface area contributed by atoms with Crippen LogP contribution >= 0.6 is 11.6 Å². The summed E-state index contributed by atoms with van der Waals surface area (Å²) in [6.07, 6.45) is 5.14. The second-order valence-corrected chi connectivity index (χ2v) is 4.90. The molecule has 0 unspecified atom stereocenters. The molecule has 0 bridgehead atoms. The summed E-state index contributed by atoms with van der Waals surface area (Å²) in [5, 5.41) is 0.401. The van der Waals surface area contributed by atoms with E-state index in [1.165, 1.54) is 19.3 Å². The minimum atomic E-state index is 0.371. The van der Waals surface area contributed by atoms with E-state index in [1.807, 2.05) is 6.92 Å². The van der Waals surface area contributed by atoms with Crippen molar-refractivity contribution in [3.05, 3.63) is 17.0 Å². The second-order valence-electron chi connectivity index (χ2n) is 4.52. The Morgan fingerprint density at radius 2 is 2.22 bits per heavy atom. The zero-order valence-electron chi connectivity index (χ0n) is 10.7. The Labute approximate surface area is 113 Å². The van der Waals surface area contributed by atoms with Gasteiger partial charge in [-0.05, 0) is 19.3 Å². The van der Waals surface area contributed by atoms with Crippen LogP contribution in [0.25, 0.3) is 0 Å². The first kappa shape index (κ1) is 13.6. The van der Waals surface area contributed by atoms with Gasteiger partial charge in [0, 0.05) is 12.7 Å². The van der Waals surface area contributed by atoms with Crippen molar-refractivity contribution in [3.8, 4) is 5.88 Å². The molecule has 1 heterocycles. The SMILES string of the molecule is CCOCc1nc(Cl)cc(OCCC2CCC2)n1. The molecular formula is C13H19ClN2O2. The lowest BCUT2D eigenvalue weighted by molar-refractivity contribution is 0.127. The molecule has 1 saturated carbocycles. The van der Waals surface area contributed by atoms with Gasteiger partial charge in [0.05, 0.1) is 6.61 Å². The van der Waals surface area contributed by atoms with Crippen molar-refractivity contribution in [3.63, 3.8) is 0 Å². The Morgan fingerprint density at radius 1 is 1.39 bits per heavy atom. The zero-order valence-corrected chi connectivity index (χ0v) is 11.4. The van der Waals surface area contributed by atoms with Crippen molar-refractivity contribution in [2.45, 2.75) is 39.2 Å². The van der Waals surface area contributed by atoms with E-state index in [-0.39, 0.29) is 0 Å². The maximum absolute atomic E-state index is 5.92. The maximum atomic E-state index is 5.92. The van der Waals surface area contributed by atoms with Crippen LogP contribution in [0, 0.1) is 5.92 Å². The molecule has 2 rings (SSSR count). The third-order valence-corrected chi connectivity index (χ3v) is 3.35. The Kier molecular flexibility index (Phi) is 5.20. The molecule has 0 radical (unpaired) electrons. The van der Waals surface area contributed by atoms with E-state index in [0.717, 1.165) is 12.3 Å². The number of hydrogen-bond acceptors (Lipinski definition) is 4. The van der Waals surface area contributed by atoms with Crippen molar-refractivity contribution in [2.75, 3.05) is 13.2 Å². The molecule has 1 aromatic heterocycles. The molecule has 0 aromatic carbocycles. The first-order valence-corrected chi connectivity index (χ1v) is 6.89. The molecule has 5 heteroatoms.